The van der Waals surface area contributed by atoms with Gasteiger partial charge in [0.25, 0.3) is 0 Å². The summed E-state index contributed by atoms with van der Waals surface area (Å²) in [5, 5.41) is 7.44. The zero-order valence-electron chi connectivity index (χ0n) is 11.9. The van der Waals surface area contributed by atoms with Crippen molar-refractivity contribution in [3.8, 4) is 0 Å². The van der Waals surface area contributed by atoms with Crippen molar-refractivity contribution in [2.24, 2.45) is 11.3 Å². The molecule has 0 aromatic heterocycles. The smallest absolute Gasteiger partial charge is 0.0193 e. The number of rotatable bonds is 3. The van der Waals surface area contributed by atoms with E-state index < -0.39 is 0 Å². The maximum Gasteiger partial charge on any atom is 0.0193 e. The van der Waals surface area contributed by atoms with Crippen molar-refractivity contribution in [2.45, 2.75) is 71.4 Å². The highest BCUT2D eigenvalue weighted by Crippen LogP contribution is 2.37. The molecule has 17 heavy (non-hydrogen) atoms. The van der Waals surface area contributed by atoms with Gasteiger partial charge in [0.1, 0.15) is 0 Å². The molecule has 2 aliphatic rings. The van der Waals surface area contributed by atoms with Gasteiger partial charge in [0.05, 0.1) is 0 Å². The first-order chi connectivity index (χ1) is 8.07. The highest BCUT2D eigenvalue weighted by Gasteiger charge is 2.34. The summed E-state index contributed by atoms with van der Waals surface area (Å²) in [6.45, 7) is 9.62. The molecular formula is C15H30N2. The van der Waals surface area contributed by atoms with Gasteiger partial charge in [-0.05, 0) is 43.6 Å². The lowest BCUT2D eigenvalue weighted by molar-refractivity contribution is 0.129. The van der Waals surface area contributed by atoms with Crippen molar-refractivity contribution in [3.05, 3.63) is 0 Å². The summed E-state index contributed by atoms with van der Waals surface area (Å²) >= 11 is 0. The number of hydrogen-bond acceptors (Lipinski definition) is 2. The van der Waals surface area contributed by atoms with E-state index in [1.807, 2.05) is 0 Å². The van der Waals surface area contributed by atoms with Crippen LogP contribution in [0, 0.1) is 11.3 Å². The Labute approximate surface area is 107 Å². The Bertz CT molecular complexity index is 226. The second kappa shape index (κ2) is 5.71. The van der Waals surface area contributed by atoms with Crippen molar-refractivity contribution in [1.82, 2.24) is 10.6 Å². The molecule has 2 fully saturated rings. The molecule has 1 saturated heterocycles. The molecule has 0 radical (unpaired) electrons. The van der Waals surface area contributed by atoms with Crippen LogP contribution in [0.4, 0.5) is 0 Å². The molecule has 2 heteroatoms. The van der Waals surface area contributed by atoms with Crippen LogP contribution >= 0.6 is 0 Å². The van der Waals surface area contributed by atoms with E-state index in [2.05, 4.69) is 31.4 Å². The first-order valence-electron chi connectivity index (χ1n) is 7.54. The van der Waals surface area contributed by atoms with Gasteiger partial charge in [-0.25, -0.2) is 0 Å². The minimum Gasteiger partial charge on any atom is -0.313 e. The Morgan fingerprint density at radius 3 is 2.47 bits per heavy atom. The Balaban J connectivity index is 1.83. The minimum atomic E-state index is 0.460. The summed E-state index contributed by atoms with van der Waals surface area (Å²) in [6, 6.07) is 1.49. The largest absolute Gasteiger partial charge is 0.313 e. The zero-order valence-corrected chi connectivity index (χ0v) is 11.9. The van der Waals surface area contributed by atoms with Crippen LogP contribution in [0.1, 0.15) is 59.3 Å². The van der Waals surface area contributed by atoms with Gasteiger partial charge >= 0.3 is 0 Å². The fraction of sp³-hybridized carbons (Fsp3) is 1.00. The van der Waals surface area contributed by atoms with Gasteiger partial charge in [0, 0.05) is 18.6 Å². The first-order valence-corrected chi connectivity index (χ1v) is 7.54. The molecule has 0 aromatic carbocycles. The third-order valence-corrected chi connectivity index (χ3v) is 4.67. The van der Waals surface area contributed by atoms with Crippen LogP contribution in [0.5, 0.6) is 0 Å². The molecular weight excluding hydrogens is 208 g/mol. The van der Waals surface area contributed by atoms with E-state index in [-0.39, 0.29) is 0 Å². The summed E-state index contributed by atoms with van der Waals surface area (Å²) < 4.78 is 0. The average Bonchev–Trinajstić information content (AvgIpc) is 2.78. The molecule has 1 heterocycles. The predicted octanol–water partition coefficient (Wildman–Crippen LogP) is 2.93. The molecule has 2 rings (SSSR count). The molecule has 1 saturated carbocycles. The molecule has 2 nitrogen and oxygen atoms in total. The van der Waals surface area contributed by atoms with Gasteiger partial charge in [-0.1, -0.05) is 33.6 Å². The van der Waals surface area contributed by atoms with E-state index in [4.69, 9.17) is 0 Å². The van der Waals surface area contributed by atoms with E-state index in [0.717, 1.165) is 18.0 Å². The SMILES string of the molecule is CC(C)(C)C1CCCCC1NCC1CCCN1. The van der Waals surface area contributed by atoms with Crippen LogP contribution in [0.2, 0.25) is 0 Å². The van der Waals surface area contributed by atoms with Gasteiger partial charge < -0.3 is 10.6 Å². The molecule has 0 spiro atoms. The highest BCUT2D eigenvalue weighted by molar-refractivity contribution is 4.89. The molecule has 0 bridgehead atoms. The summed E-state index contributed by atoms with van der Waals surface area (Å²) in [5.74, 6) is 0.859. The topological polar surface area (TPSA) is 24.1 Å². The summed E-state index contributed by atoms with van der Waals surface area (Å²) in [7, 11) is 0. The van der Waals surface area contributed by atoms with Crippen LogP contribution in [0.25, 0.3) is 0 Å². The lowest BCUT2D eigenvalue weighted by atomic mass is 9.69. The van der Waals surface area contributed by atoms with Crippen LogP contribution in [-0.2, 0) is 0 Å². The summed E-state index contributed by atoms with van der Waals surface area (Å²) in [6.07, 6.45) is 8.37. The summed E-state index contributed by atoms with van der Waals surface area (Å²) in [5.41, 5.74) is 0.460. The van der Waals surface area contributed by atoms with Crippen molar-refractivity contribution in [2.75, 3.05) is 13.1 Å². The molecule has 0 aromatic rings. The second-order valence-electron chi connectivity index (χ2n) is 7.06. The fourth-order valence-corrected chi connectivity index (χ4v) is 3.64. The monoisotopic (exact) mass is 238 g/mol. The summed E-state index contributed by atoms with van der Waals surface area (Å²) in [4.78, 5) is 0. The Kier molecular flexibility index (Phi) is 4.48. The van der Waals surface area contributed by atoms with Crippen molar-refractivity contribution in [1.29, 1.82) is 0 Å². The van der Waals surface area contributed by atoms with Crippen molar-refractivity contribution in [3.63, 3.8) is 0 Å². The quantitative estimate of drug-likeness (QED) is 0.790. The Hall–Kier alpha value is -0.0800. The first kappa shape index (κ1) is 13.4. The molecule has 2 N–H and O–H groups in total. The third-order valence-electron chi connectivity index (χ3n) is 4.67. The van der Waals surface area contributed by atoms with Gasteiger partial charge in [0.15, 0.2) is 0 Å². The molecule has 0 amide bonds. The lowest BCUT2D eigenvalue weighted by Gasteiger charge is -2.41. The fourth-order valence-electron chi connectivity index (χ4n) is 3.64. The van der Waals surface area contributed by atoms with Crippen molar-refractivity contribution >= 4 is 0 Å². The minimum absolute atomic E-state index is 0.460. The van der Waals surface area contributed by atoms with Crippen molar-refractivity contribution < 1.29 is 0 Å². The van der Waals surface area contributed by atoms with Gasteiger partial charge in [-0.15, -0.1) is 0 Å². The maximum atomic E-state index is 3.86. The van der Waals surface area contributed by atoms with Crippen LogP contribution in [0.15, 0.2) is 0 Å². The van der Waals surface area contributed by atoms with E-state index in [1.165, 1.54) is 51.6 Å². The molecule has 100 valence electrons. The second-order valence-corrected chi connectivity index (χ2v) is 7.06. The molecule has 1 aliphatic carbocycles. The standard InChI is InChI=1S/C15H30N2/c1-15(2,3)13-8-4-5-9-14(13)17-11-12-7-6-10-16-12/h12-14,16-17H,4-11H2,1-3H3. The van der Waals surface area contributed by atoms with E-state index in [1.54, 1.807) is 0 Å². The van der Waals surface area contributed by atoms with E-state index >= 15 is 0 Å². The Morgan fingerprint density at radius 1 is 1.06 bits per heavy atom. The maximum absolute atomic E-state index is 3.86. The zero-order chi connectivity index (χ0) is 12.3. The highest BCUT2D eigenvalue weighted by atomic mass is 15.0. The van der Waals surface area contributed by atoms with Crippen LogP contribution < -0.4 is 10.6 Å². The number of nitrogens with one attached hydrogen (secondary N) is 2. The normalized spacial score (nSPS) is 35.1. The molecule has 3 atom stereocenters. The van der Waals surface area contributed by atoms with Crippen LogP contribution in [-0.4, -0.2) is 25.2 Å². The van der Waals surface area contributed by atoms with Gasteiger partial charge in [-0.2, -0.15) is 0 Å². The Morgan fingerprint density at radius 2 is 1.82 bits per heavy atom. The van der Waals surface area contributed by atoms with Crippen LogP contribution in [0.3, 0.4) is 0 Å². The van der Waals surface area contributed by atoms with E-state index in [0.29, 0.717) is 5.41 Å². The van der Waals surface area contributed by atoms with E-state index in [9.17, 15) is 0 Å². The molecule has 3 unspecified atom stereocenters. The average molecular weight is 238 g/mol. The third kappa shape index (κ3) is 3.69. The molecule has 1 aliphatic heterocycles. The predicted molar refractivity (Wildman–Crippen MR) is 74.2 cm³/mol. The lowest BCUT2D eigenvalue weighted by Crippen LogP contribution is -2.47. The van der Waals surface area contributed by atoms with Gasteiger partial charge in [0.2, 0.25) is 0 Å². The van der Waals surface area contributed by atoms with Gasteiger partial charge in [-0.3, -0.25) is 0 Å². The number of hydrogen-bond donors (Lipinski definition) is 2.